The number of aliphatic carboxylic acids is 2. The molecule has 0 spiro atoms. The molecular formula is C16H30N2O4. The maximum absolute atomic E-state index is 10.9. The minimum atomic E-state index is -0.713. The second kappa shape index (κ2) is 9.79. The zero-order valence-electron chi connectivity index (χ0n) is 13.8. The number of nitrogens with zero attached hydrogens (tertiary/aromatic N) is 1. The molecule has 0 amide bonds. The fourth-order valence-electron chi connectivity index (χ4n) is 3.04. The van der Waals surface area contributed by atoms with Crippen LogP contribution in [0.15, 0.2) is 0 Å². The molecule has 0 aromatic heterocycles. The van der Waals surface area contributed by atoms with Crippen LogP contribution in [0.2, 0.25) is 0 Å². The van der Waals surface area contributed by atoms with E-state index in [1.807, 2.05) is 0 Å². The molecule has 0 saturated carbocycles. The van der Waals surface area contributed by atoms with E-state index in [1.54, 1.807) is 0 Å². The molecule has 0 aliphatic carbocycles. The van der Waals surface area contributed by atoms with E-state index in [0.717, 1.165) is 58.0 Å². The second-order valence-electron chi connectivity index (χ2n) is 6.19. The summed E-state index contributed by atoms with van der Waals surface area (Å²) in [6, 6.07) is -0.108. The zero-order valence-corrected chi connectivity index (χ0v) is 13.8. The Morgan fingerprint density at radius 3 is 2.27 bits per heavy atom. The van der Waals surface area contributed by atoms with E-state index in [1.165, 1.54) is 0 Å². The van der Waals surface area contributed by atoms with E-state index in [9.17, 15) is 9.59 Å². The molecule has 6 nitrogen and oxygen atoms in total. The maximum Gasteiger partial charge on any atom is 0.320 e. The lowest BCUT2D eigenvalue weighted by Gasteiger charge is -2.37. The first-order valence-electron chi connectivity index (χ1n) is 8.42. The Bertz CT molecular complexity index is 356. The highest BCUT2D eigenvalue weighted by atomic mass is 16.4. The summed E-state index contributed by atoms with van der Waals surface area (Å²) in [5.74, 6) is -1.37. The molecule has 3 N–H and O–H groups in total. The second-order valence-corrected chi connectivity index (χ2v) is 6.19. The van der Waals surface area contributed by atoms with Crippen LogP contribution in [0.25, 0.3) is 0 Å². The molecule has 2 heterocycles. The van der Waals surface area contributed by atoms with E-state index in [0.29, 0.717) is 6.04 Å². The van der Waals surface area contributed by atoms with Gasteiger partial charge in [-0.15, -0.1) is 0 Å². The van der Waals surface area contributed by atoms with Gasteiger partial charge in [0, 0.05) is 6.04 Å². The largest absolute Gasteiger partial charge is 0.480 e. The summed E-state index contributed by atoms with van der Waals surface area (Å²) in [6.45, 7) is 6.03. The number of hydrogen-bond donors (Lipinski definition) is 3. The monoisotopic (exact) mass is 314 g/mol. The third-order valence-corrected chi connectivity index (χ3v) is 4.59. The van der Waals surface area contributed by atoms with Gasteiger partial charge in [-0.2, -0.15) is 0 Å². The van der Waals surface area contributed by atoms with Crippen LogP contribution in [0.3, 0.4) is 0 Å². The number of carboxylic acid groups (broad SMARTS) is 2. The fraction of sp³-hybridized carbons (Fsp3) is 0.875. The molecule has 6 heteroatoms. The standard InChI is InChI=1S/C10H19NO2.C6H11NO2/c1-3-8(2)11-7-5-4-6-9(11)10(12)13;8-6(9)5-3-1-2-4-7-5/h8-9H,3-7H2,1-2H3,(H,12,13);5,7H,1-4H2,(H,8,9)/t8?,9-;/m1./s1. The Hall–Kier alpha value is -1.14. The van der Waals surface area contributed by atoms with Gasteiger partial charge in [0.15, 0.2) is 0 Å². The van der Waals surface area contributed by atoms with Gasteiger partial charge in [0.25, 0.3) is 0 Å². The molecule has 0 aromatic carbocycles. The molecule has 22 heavy (non-hydrogen) atoms. The molecular weight excluding hydrogens is 284 g/mol. The van der Waals surface area contributed by atoms with Crippen LogP contribution in [-0.2, 0) is 9.59 Å². The molecule has 2 unspecified atom stereocenters. The van der Waals surface area contributed by atoms with Gasteiger partial charge in [-0.05, 0) is 52.1 Å². The summed E-state index contributed by atoms with van der Waals surface area (Å²) < 4.78 is 0. The number of likely N-dealkylation sites (tertiary alicyclic amines) is 1. The van der Waals surface area contributed by atoms with Crippen LogP contribution in [0, 0.1) is 0 Å². The SMILES string of the molecule is CCC(C)N1CCCC[C@@H]1C(=O)O.O=C(O)C1CCCCN1. The van der Waals surface area contributed by atoms with E-state index in [-0.39, 0.29) is 12.1 Å². The van der Waals surface area contributed by atoms with Crippen molar-refractivity contribution in [2.45, 2.75) is 76.9 Å². The maximum atomic E-state index is 10.9. The fourth-order valence-corrected chi connectivity index (χ4v) is 3.04. The highest BCUT2D eigenvalue weighted by Gasteiger charge is 2.30. The van der Waals surface area contributed by atoms with Gasteiger partial charge < -0.3 is 15.5 Å². The van der Waals surface area contributed by atoms with E-state index in [4.69, 9.17) is 10.2 Å². The smallest absolute Gasteiger partial charge is 0.320 e. The van der Waals surface area contributed by atoms with Crippen LogP contribution in [0.5, 0.6) is 0 Å². The van der Waals surface area contributed by atoms with Gasteiger partial charge in [0.1, 0.15) is 12.1 Å². The van der Waals surface area contributed by atoms with Gasteiger partial charge in [0.05, 0.1) is 0 Å². The van der Waals surface area contributed by atoms with E-state index < -0.39 is 11.9 Å². The van der Waals surface area contributed by atoms with Crippen LogP contribution >= 0.6 is 0 Å². The van der Waals surface area contributed by atoms with Crippen LogP contribution in [-0.4, -0.2) is 58.3 Å². The number of carbonyl (C=O) groups is 2. The highest BCUT2D eigenvalue weighted by molar-refractivity contribution is 5.73. The van der Waals surface area contributed by atoms with Gasteiger partial charge in [0.2, 0.25) is 0 Å². The van der Waals surface area contributed by atoms with Gasteiger partial charge in [-0.3, -0.25) is 14.5 Å². The number of rotatable bonds is 4. The van der Waals surface area contributed by atoms with Crippen molar-refractivity contribution in [1.29, 1.82) is 0 Å². The zero-order chi connectivity index (χ0) is 16.5. The predicted molar refractivity (Wildman–Crippen MR) is 85.0 cm³/mol. The van der Waals surface area contributed by atoms with Crippen molar-refractivity contribution in [3.05, 3.63) is 0 Å². The van der Waals surface area contributed by atoms with Gasteiger partial charge in [-0.25, -0.2) is 0 Å². The quantitative estimate of drug-likeness (QED) is 0.735. The van der Waals surface area contributed by atoms with Crippen molar-refractivity contribution in [2.24, 2.45) is 0 Å². The van der Waals surface area contributed by atoms with Crippen molar-refractivity contribution < 1.29 is 19.8 Å². The van der Waals surface area contributed by atoms with E-state index in [2.05, 4.69) is 24.1 Å². The van der Waals surface area contributed by atoms with Crippen molar-refractivity contribution >= 4 is 11.9 Å². The molecule has 0 radical (unpaired) electrons. The van der Waals surface area contributed by atoms with Crippen molar-refractivity contribution in [3.8, 4) is 0 Å². The van der Waals surface area contributed by atoms with Gasteiger partial charge >= 0.3 is 11.9 Å². The first-order chi connectivity index (χ1) is 10.5. The molecule has 2 fully saturated rings. The third-order valence-electron chi connectivity index (χ3n) is 4.59. The van der Waals surface area contributed by atoms with Gasteiger partial charge in [-0.1, -0.05) is 19.8 Å². The first-order valence-corrected chi connectivity index (χ1v) is 8.42. The number of hydrogen-bond acceptors (Lipinski definition) is 4. The lowest BCUT2D eigenvalue weighted by Crippen LogP contribution is -2.48. The average Bonchev–Trinajstić information content (AvgIpc) is 2.55. The minimum Gasteiger partial charge on any atom is -0.480 e. The van der Waals surface area contributed by atoms with Crippen molar-refractivity contribution in [3.63, 3.8) is 0 Å². The first kappa shape index (κ1) is 18.9. The van der Waals surface area contributed by atoms with Crippen LogP contribution in [0.1, 0.15) is 58.8 Å². The molecule has 2 aliphatic rings. The number of piperidine rings is 2. The lowest BCUT2D eigenvalue weighted by molar-refractivity contribution is -0.145. The predicted octanol–water partition coefficient (Wildman–Crippen LogP) is 1.94. The summed E-state index contributed by atoms with van der Waals surface area (Å²) in [5, 5.41) is 20.4. The number of carboxylic acids is 2. The summed E-state index contributed by atoms with van der Waals surface area (Å²) in [6.07, 6.45) is 7.00. The van der Waals surface area contributed by atoms with Crippen LogP contribution in [0.4, 0.5) is 0 Å². The molecule has 3 atom stereocenters. The summed E-state index contributed by atoms with van der Waals surface area (Å²) in [4.78, 5) is 23.4. The molecule has 2 aliphatic heterocycles. The van der Waals surface area contributed by atoms with Crippen LogP contribution < -0.4 is 5.32 Å². The molecule has 0 aromatic rings. The molecule has 2 rings (SSSR count). The summed E-state index contributed by atoms with van der Waals surface area (Å²) >= 11 is 0. The molecule has 0 bridgehead atoms. The Labute approximate surface area is 132 Å². The Balaban J connectivity index is 0.000000235. The highest BCUT2D eigenvalue weighted by Crippen LogP contribution is 2.20. The normalized spacial score (nSPS) is 27.4. The van der Waals surface area contributed by atoms with E-state index >= 15 is 0 Å². The van der Waals surface area contributed by atoms with Crippen molar-refractivity contribution in [2.75, 3.05) is 13.1 Å². The number of nitrogens with one attached hydrogen (secondary N) is 1. The van der Waals surface area contributed by atoms with Crippen molar-refractivity contribution in [1.82, 2.24) is 10.2 Å². The molecule has 2 saturated heterocycles. The lowest BCUT2D eigenvalue weighted by atomic mass is 9.99. The Kier molecular flexibility index (Phi) is 8.42. The average molecular weight is 314 g/mol. The Morgan fingerprint density at radius 1 is 1.14 bits per heavy atom. The molecule has 128 valence electrons. The topological polar surface area (TPSA) is 89.9 Å². The minimum absolute atomic E-state index is 0.233. The third kappa shape index (κ3) is 5.93. The summed E-state index contributed by atoms with van der Waals surface area (Å²) in [7, 11) is 0. The Morgan fingerprint density at radius 2 is 1.82 bits per heavy atom. The summed E-state index contributed by atoms with van der Waals surface area (Å²) in [5.41, 5.74) is 0.